The Morgan fingerprint density at radius 3 is 2.62 bits per heavy atom. The minimum atomic E-state index is -0.672. The minimum Gasteiger partial charge on any atom is -0.361 e. The highest BCUT2D eigenvalue weighted by Gasteiger charge is 2.22. The van der Waals surface area contributed by atoms with E-state index in [1.54, 1.807) is 12.4 Å². The molecule has 0 saturated heterocycles. The smallest absolute Gasteiger partial charge is 0.225 e. The summed E-state index contributed by atoms with van der Waals surface area (Å²) in [5, 5.41) is 5.06. The summed E-state index contributed by atoms with van der Waals surface area (Å²) in [5.41, 5.74) is 6.41. The molecular weight excluding hydrogens is 506 g/mol. The Kier molecular flexibility index (Phi) is 6.78. The summed E-state index contributed by atoms with van der Waals surface area (Å²) in [7, 11) is 0. The third-order valence-electron chi connectivity index (χ3n) is 7.04. The van der Waals surface area contributed by atoms with Gasteiger partial charge in [-0.3, -0.25) is 14.8 Å². The second-order valence-corrected chi connectivity index (χ2v) is 9.99. The number of para-hydroxylation sites is 1. The number of amides is 1. The van der Waals surface area contributed by atoms with Crippen molar-refractivity contribution < 1.29 is 13.6 Å². The Labute approximate surface area is 229 Å². The molecule has 3 aromatic heterocycles. The van der Waals surface area contributed by atoms with Crippen molar-refractivity contribution in [2.45, 2.75) is 25.8 Å². The molecule has 40 heavy (non-hydrogen) atoms. The highest BCUT2D eigenvalue weighted by molar-refractivity contribution is 5.89. The van der Waals surface area contributed by atoms with E-state index >= 15 is 0 Å². The maximum atomic E-state index is 14.1. The molecule has 0 bridgehead atoms. The number of aromatic nitrogens is 3. The highest BCUT2D eigenvalue weighted by atomic mass is 19.1. The molecule has 3 aromatic carbocycles. The summed E-state index contributed by atoms with van der Waals surface area (Å²) in [6, 6.07) is 22.4. The molecule has 2 N–H and O–H groups in total. The number of carbonyl (C=O) groups is 1. The van der Waals surface area contributed by atoms with Gasteiger partial charge in [-0.25, -0.2) is 8.78 Å². The van der Waals surface area contributed by atoms with Crippen molar-refractivity contribution in [3.05, 3.63) is 131 Å². The van der Waals surface area contributed by atoms with Crippen LogP contribution in [-0.4, -0.2) is 20.9 Å². The van der Waals surface area contributed by atoms with Crippen molar-refractivity contribution in [1.82, 2.24) is 20.3 Å². The van der Waals surface area contributed by atoms with Gasteiger partial charge in [0.05, 0.1) is 23.7 Å². The summed E-state index contributed by atoms with van der Waals surface area (Å²) >= 11 is 0. The third kappa shape index (κ3) is 5.31. The predicted octanol–water partition coefficient (Wildman–Crippen LogP) is 7.01. The molecule has 198 valence electrons. The maximum Gasteiger partial charge on any atom is 0.225 e. The zero-order chi connectivity index (χ0) is 27.6. The molecule has 0 saturated carbocycles. The first-order valence-electron chi connectivity index (χ1n) is 13.0. The summed E-state index contributed by atoms with van der Waals surface area (Å²) in [6.07, 6.45) is 5.56. The van der Waals surface area contributed by atoms with Gasteiger partial charge >= 0.3 is 0 Å². The SMILES string of the molecule is Cc1ccc2[nH]cc(CC(=O)N[C@@H](Cc3cc(F)cc(F)c3)c3ncccc3-c3cnc4ccccc4c3)c2c1. The average molecular weight is 533 g/mol. The topological polar surface area (TPSA) is 70.7 Å². The van der Waals surface area contributed by atoms with Crippen molar-refractivity contribution >= 4 is 27.7 Å². The van der Waals surface area contributed by atoms with E-state index in [0.29, 0.717) is 11.3 Å². The van der Waals surface area contributed by atoms with Gasteiger partial charge in [-0.1, -0.05) is 35.9 Å². The van der Waals surface area contributed by atoms with E-state index in [4.69, 9.17) is 0 Å². The number of pyridine rings is 2. The number of halogens is 2. The van der Waals surface area contributed by atoms with Gasteiger partial charge in [0, 0.05) is 52.1 Å². The molecule has 1 amide bonds. The van der Waals surface area contributed by atoms with Gasteiger partial charge < -0.3 is 10.3 Å². The molecule has 3 heterocycles. The fourth-order valence-electron chi connectivity index (χ4n) is 5.20. The lowest BCUT2D eigenvalue weighted by molar-refractivity contribution is -0.121. The van der Waals surface area contributed by atoms with Crippen LogP contribution in [0.25, 0.3) is 32.9 Å². The number of aryl methyl sites for hydroxylation is 1. The predicted molar refractivity (Wildman–Crippen MR) is 153 cm³/mol. The molecule has 0 spiro atoms. The Morgan fingerprint density at radius 2 is 1.77 bits per heavy atom. The summed E-state index contributed by atoms with van der Waals surface area (Å²) in [4.78, 5) is 25.9. The number of benzene rings is 3. The number of rotatable bonds is 7. The average Bonchev–Trinajstić information content (AvgIpc) is 3.33. The normalized spacial score (nSPS) is 12.1. The zero-order valence-corrected chi connectivity index (χ0v) is 21.8. The Hall–Kier alpha value is -4.91. The largest absolute Gasteiger partial charge is 0.361 e. The van der Waals surface area contributed by atoms with Gasteiger partial charge in [0.2, 0.25) is 5.91 Å². The summed E-state index contributed by atoms with van der Waals surface area (Å²) < 4.78 is 28.2. The number of fused-ring (bicyclic) bond motifs is 2. The van der Waals surface area contributed by atoms with Gasteiger partial charge in [0.25, 0.3) is 0 Å². The zero-order valence-electron chi connectivity index (χ0n) is 21.8. The van der Waals surface area contributed by atoms with E-state index in [1.165, 1.54) is 12.1 Å². The van der Waals surface area contributed by atoms with Crippen LogP contribution in [0.5, 0.6) is 0 Å². The van der Waals surface area contributed by atoms with Crippen LogP contribution < -0.4 is 5.32 Å². The van der Waals surface area contributed by atoms with Gasteiger partial charge in [0.15, 0.2) is 0 Å². The van der Waals surface area contributed by atoms with Crippen LogP contribution in [0.2, 0.25) is 0 Å². The fourth-order valence-corrected chi connectivity index (χ4v) is 5.20. The lowest BCUT2D eigenvalue weighted by Crippen LogP contribution is -2.32. The van der Waals surface area contributed by atoms with Crippen LogP contribution in [0.1, 0.15) is 28.4 Å². The van der Waals surface area contributed by atoms with Gasteiger partial charge in [0.1, 0.15) is 11.6 Å². The summed E-state index contributed by atoms with van der Waals surface area (Å²) in [5.74, 6) is -1.57. The highest BCUT2D eigenvalue weighted by Crippen LogP contribution is 2.31. The number of nitrogens with one attached hydrogen (secondary N) is 2. The number of nitrogens with zero attached hydrogens (tertiary/aromatic N) is 2. The van der Waals surface area contributed by atoms with Crippen molar-refractivity contribution in [2.75, 3.05) is 0 Å². The molecule has 7 heteroatoms. The Bertz CT molecular complexity index is 1840. The first-order chi connectivity index (χ1) is 19.4. The number of hydrogen-bond donors (Lipinski definition) is 2. The Balaban J connectivity index is 1.37. The van der Waals surface area contributed by atoms with Crippen LogP contribution in [0.15, 0.2) is 97.5 Å². The quantitative estimate of drug-likeness (QED) is 0.232. The molecule has 0 aliphatic heterocycles. The van der Waals surface area contributed by atoms with Crippen molar-refractivity contribution in [2.24, 2.45) is 0 Å². The fraction of sp³-hybridized carbons (Fsp3) is 0.121. The van der Waals surface area contributed by atoms with Crippen LogP contribution in [0.4, 0.5) is 8.78 Å². The molecule has 0 aliphatic rings. The second kappa shape index (κ2) is 10.7. The van der Waals surface area contributed by atoms with E-state index in [9.17, 15) is 13.6 Å². The molecule has 6 rings (SSSR count). The van der Waals surface area contributed by atoms with E-state index in [1.807, 2.05) is 73.8 Å². The summed E-state index contributed by atoms with van der Waals surface area (Å²) in [6.45, 7) is 2.01. The Morgan fingerprint density at radius 1 is 0.950 bits per heavy atom. The molecule has 0 aliphatic carbocycles. The van der Waals surface area contributed by atoms with E-state index in [2.05, 4.69) is 20.3 Å². The standard InChI is InChI=1S/C33H26F2N4O/c1-20-8-9-30-28(11-20)24(19-38-30)16-32(40)39-31(14-21-12-25(34)17-26(35)13-21)33-27(6-4-10-36-33)23-15-22-5-2-3-7-29(22)37-18-23/h2-13,15,17-19,31,38H,14,16H2,1H3,(H,39,40)/t31-/m0/s1. The molecule has 0 fully saturated rings. The van der Waals surface area contributed by atoms with Crippen LogP contribution >= 0.6 is 0 Å². The molecule has 6 aromatic rings. The lowest BCUT2D eigenvalue weighted by atomic mass is 9.95. The van der Waals surface area contributed by atoms with E-state index < -0.39 is 17.7 Å². The second-order valence-electron chi connectivity index (χ2n) is 9.99. The van der Waals surface area contributed by atoms with Crippen molar-refractivity contribution in [3.63, 3.8) is 0 Å². The number of aromatic amines is 1. The molecular formula is C33H26F2N4O. The number of H-pyrrole nitrogens is 1. The first-order valence-corrected chi connectivity index (χ1v) is 13.0. The minimum absolute atomic E-state index is 0.136. The molecule has 0 radical (unpaired) electrons. The number of carbonyl (C=O) groups excluding carboxylic acids is 1. The van der Waals surface area contributed by atoms with Crippen molar-refractivity contribution in [3.8, 4) is 11.1 Å². The van der Waals surface area contributed by atoms with E-state index in [0.717, 1.165) is 50.1 Å². The van der Waals surface area contributed by atoms with Crippen molar-refractivity contribution in [1.29, 1.82) is 0 Å². The monoisotopic (exact) mass is 532 g/mol. The van der Waals surface area contributed by atoms with Crippen LogP contribution in [-0.2, 0) is 17.6 Å². The molecule has 5 nitrogen and oxygen atoms in total. The van der Waals surface area contributed by atoms with Gasteiger partial charge in [-0.05, 0) is 66.9 Å². The van der Waals surface area contributed by atoms with Gasteiger partial charge in [-0.15, -0.1) is 0 Å². The van der Waals surface area contributed by atoms with E-state index in [-0.39, 0.29) is 18.7 Å². The maximum absolute atomic E-state index is 14.1. The van der Waals surface area contributed by atoms with Crippen LogP contribution in [0.3, 0.4) is 0 Å². The first kappa shape index (κ1) is 25.4. The third-order valence-corrected chi connectivity index (χ3v) is 7.04. The van der Waals surface area contributed by atoms with Gasteiger partial charge in [-0.2, -0.15) is 0 Å². The lowest BCUT2D eigenvalue weighted by Gasteiger charge is -2.22. The van der Waals surface area contributed by atoms with Crippen LogP contribution in [0, 0.1) is 18.6 Å². The number of hydrogen-bond acceptors (Lipinski definition) is 3. The molecule has 1 atom stereocenters. The molecule has 0 unspecified atom stereocenters.